The number of carbonyl (C=O) groups excluding carboxylic acids is 2. The minimum atomic E-state index is -0.359. The monoisotopic (exact) mass is 478 g/mol. The van der Waals surface area contributed by atoms with Crippen LogP contribution in [0.5, 0.6) is 11.5 Å². The Balaban J connectivity index is 1.77. The molecule has 0 saturated heterocycles. The zero-order chi connectivity index (χ0) is 25.2. The average molecular weight is 479 g/mol. The number of nitrogens with one attached hydrogen (secondary N) is 1. The van der Waals surface area contributed by atoms with Gasteiger partial charge in [-0.3, -0.25) is 4.79 Å². The number of anilines is 1. The zero-order valence-corrected chi connectivity index (χ0v) is 20.9. The van der Waals surface area contributed by atoms with Crippen molar-refractivity contribution in [3.63, 3.8) is 0 Å². The molecule has 0 atom stereocenters. The second-order valence-corrected chi connectivity index (χ2v) is 8.26. The largest absolute Gasteiger partial charge is 0.497 e. The van der Waals surface area contributed by atoms with E-state index in [-0.39, 0.29) is 18.5 Å². The normalized spacial score (nSPS) is 10.5. The molecular weight excluding hydrogens is 444 g/mol. The van der Waals surface area contributed by atoms with Crippen LogP contribution in [0.15, 0.2) is 66.9 Å². The SMILES string of the molecule is CCCN(CC(=O)N(Cc1ccccc1)Cc1cccn1C)C(=O)Nc1ccc(OC)cc1OC. The maximum atomic E-state index is 13.5. The van der Waals surface area contributed by atoms with Gasteiger partial charge in [0.15, 0.2) is 0 Å². The van der Waals surface area contributed by atoms with Crippen LogP contribution in [0.4, 0.5) is 10.5 Å². The van der Waals surface area contributed by atoms with Crippen LogP contribution >= 0.6 is 0 Å². The van der Waals surface area contributed by atoms with E-state index in [0.29, 0.717) is 36.8 Å². The Morgan fingerprint density at radius 1 is 0.943 bits per heavy atom. The van der Waals surface area contributed by atoms with Crippen LogP contribution in [0.3, 0.4) is 0 Å². The van der Waals surface area contributed by atoms with E-state index in [1.807, 2.05) is 67.2 Å². The predicted molar refractivity (Wildman–Crippen MR) is 137 cm³/mol. The number of methoxy groups -OCH3 is 2. The third kappa shape index (κ3) is 7.02. The molecule has 1 heterocycles. The van der Waals surface area contributed by atoms with Gasteiger partial charge < -0.3 is 29.2 Å². The number of rotatable bonds is 11. The summed E-state index contributed by atoms with van der Waals surface area (Å²) in [7, 11) is 5.06. The molecule has 0 bridgehead atoms. The van der Waals surface area contributed by atoms with E-state index >= 15 is 0 Å². The minimum Gasteiger partial charge on any atom is -0.497 e. The van der Waals surface area contributed by atoms with Gasteiger partial charge >= 0.3 is 6.03 Å². The lowest BCUT2D eigenvalue weighted by Crippen LogP contribution is -2.44. The first-order valence-corrected chi connectivity index (χ1v) is 11.6. The average Bonchev–Trinajstić information content (AvgIpc) is 3.28. The Morgan fingerprint density at radius 2 is 1.71 bits per heavy atom. The van der Waals surface area contributed by atoms with Crippen molar-refractivity contribution >= 4 is 17.6 Å². The first-order valence-electron chi connectivity index (χ1n) is 11.6. The first-order chi connectivity index (χ1) is 16.9. The van der Waals surface area contributed by atoms with E-state index < -0.39 is 0 Å². The van der Waals surface area contributed by atoms with Gasteiger partial charge in [0, 0.05) is 38.1 Å². The fourth-order valence-corrected chi connectivity index (χ4v) is 3.77. The molecule has 0 aliphatic heterocycles. The number of nitrogens with zero attached hydrogens (tertiary/aromatic N) is 3. The summed E-state index contributed by atoms with van der Waals surface area (Å²) in [6, 6.07) is 18.6. The summed E-state index contributed by atoms with van der Waals surface area (Å²) in [4.78, 5) is 30.0. The molecular formula is C27H34N4O4. The molecule has 35 heavy (non-hydrogen) atoms. The lowest BCUT2D eigenvalue weighted by molar-refractivity contribution is -0.133. The number of benzene rings is 2. The van der Waals surface area contributed by atoms with Crippen LogP contribution in [-0.2, 0) is 24.9 Å². The number of carbonyl (C=O) groups is 2. The number of urea groups is 1. The summed E-state index contributed by atoms with van der Waals surface area (Å²) in [5, 5.41) is 2.88. The Bertz CT molecular complexity index is 1110. The van der Waals surface area contributed by atoms with Crippen molar-refractivity contribution in [3.8, 4) is 11.5 Å². The Kier molecular flexibility index (Phi) is 9.17. The van der Waals surface area contributed by atoms with Crippen molar-refractivity contribution in [2.75, 3.05) is 32.6 Å². The van der Waals surface area contributed by atoms with Crippen molar-refractivity contribution < 1.29 is 19.1 Å². The van der Waals surface area contributed by atoms with Gasteiger partial charge in [-0.1, -0.05) is 37.3 Å². The molecule has 0 fully saturated rings. The molecule has 3 aromatic rings. The summed E-state index contributed by atoms with van der Waals surface area (Å²) in [6.45, 7) is 3.29. The van der Waals surface area contributed by atoms with Crippen LogP contribution in [0.1, 0.15) is 24.6 Å². The third-order valence-electron chi connectivity index (χ3n) is 5.73. The zero-order valence-electron chi connectivity index (χ0n) is 20.9. The predicted octanol–water partition coefficient (Wildman–Crippen LogP) is 4.52. The molecule has 0 saturated carbocycles. The van der Waals surface area contributed by atoms with Crippen LogP contribution < -0.4 is 14.8 Å². The molecule has 0 spiro atoms. The summed E-state index contributed by atoms with van der Waals surface area (Å²) in [5.74, 6) is 0.980. The third-order valence-corrected chi connectivity index (χ3v) is 5.73. The van der Waals surface area contributed by atoms with Gasteiger partial charge in [0.1, 0.15) is 18.0 Å². The molecule has 8 nitrogen and oxygen atoms in total. The summed E-state index contributed by atoms with van der Waals surface area (Å²) < 4.78 is 12.6. The highest BCUT2D eigenvalue weighted by atomic mass is 16.5. The molecule has 3 amide bonds. The number of aromatic nitrogens is 1. The topological polar surface area (TPSA) is 76.0 Å². The van der Waals surface area contributed by atoms with Gasteiger partial charge in [-0.05, 0) is 36.2 Å². The highest BCUT2D eigenvalue weighted by Gasteiger charge is 2.23. The van der Waals surface area contributed by atoms with Gasteiger partial charge in [0.2, 0.25) is 5.91 Å². The van der Waals surface area contributed by atoms with E-state index in [9.17, 15) is 9.59 Å². The molecule has 0 aliphatic carbocycles. The number of ether oxygens (including phenoxy) is 2. The maximum absolute atomic E-state index is 13.5. The van der Waals surface area contributed by atoms with Crippen molar-refractivity contribution in [2.45, 2.75) is 26.4 Å². The van der Waals surface area contributed by atoms with Crippen molar-refractivity contribution in [3.05, 3.63) is 78.1 Å². The Morgan fingerprint density at radius 3 is 2.34 bits per heavy atom. The number of hydrogen-bond donors (Lipinski definition) is 1. The number of hydrogen-bond acceptors (Lipinski definition) is 4. The first kappa shape index (κ1) is 25.7. The fraction of sp³-hybridized carbons (Fsp3) is 0.333. The summed E-state index contributed by atoms with van der Waals surface area (Å²) >= 11 is 0. The lowest BCUT2D eigenvalue weighted by Gasteiger charge is -2.28. The van der Waals surface area contributed by atoms with Gasteiger partial charge in [0.25, 0.3) is 0 Å². The standard InChI is InChI=1S/C27H34N4O4/c1-5-15-30(27(33)28-24-14-13-23(34-3)17-25(24)35-4)20-26(32)31(18-21-10-7-6-8-11-21)19-22-12-9-16-29(22)2/h6-14,16-17H,5,15,18-20H2,1-4H3,(H,28,33). The summed E-state index contributed by atoms with van der Waals surface area (Å²) in [6.07, 6.45) is 2.68. The minimum absolute atomic E-state index is 0.0323. The van der Waals surface area contributed by atoms with Crippen LogP contribution in [-0.4, -0.2) is 53.6 Å². The smallest absolute Gasteiger partial charge is 0.322 e. The summed E-state index contributed by atoms with van der Waals surface area (Å²) in [5.41, 5.74) is 2.56. The molecule has 8 heteroatoms. The van der Waals surface area contributed by atoms with E-state index in [1.165, 1.54) is 12.0 Å². The molecule has 0 radical (unpaired) electrons. The fourth-order valence-electron chi connectivity index (χ4n) is 3.77. The second kappa shape index (κ2) is 12.5. The molecule has 1 aromatic heterocycles. The van der Waals surface area contributed by atoms with Gasteiger partial charge in [-0.15, -0.1) is 0 Å². The van der Waals surface area contributed by atoms with Crippen LogP contribution in [0, 0.1) is 0 Å². The number of aryl methyl sites for hydroxylation is 1. The molecule has 186 valence electrons. The molecule has 0 aliphatic rings. The molecule has 3 rings (SSSR count). The van der Waals surface area contributed by atoms with Crippen molar-refractivity contribution in [1.82, 2.24) is 14.4 Å². The van der Waals surface area contributed by atoms with Gasteiger partial charge in [0.05, 0.1) is 26.5 Å². The van der Waals surface area contributed by atoms with E-state index in [0.717, 1.165) is 17.7 Å². The van der Waals surface area contributed by atoms with Crippen LogP contribution in [0.2, 0.25) is 0 Å². The van der Waals surface area contributed by atoms with Gasteiger partial charge in [-0.25, -0.2) is 4.79 Å². The van der Waals surface area contributed by atoms with Crippen LogP contribution in [0.25, 0.3) is 0 Å². The highest BCUT2D eigenvalue weighted by molar-refractivity contribution is 5.93. The maximum Gasteiger partial charge on any atom is 0.322 e. The molecule has 2 aromatic carbocycles. The second-order valence-electron chi connectivity index (χ2n) is 8.26. The van der Waals surface area contributed by atoms with E-state index in [1.54, 1.807) is 30.2 Å². The van der Waals surface area contributed by atoms with Crippen molar-refractivity contribution in [2.24, 2.45) is 7.05 Å². The highest BCUT2D eigenvalue weighted by Crippen LogP contribution is 2.29. The molecule has 1 N–H and O–H groups in total. The van der Waals surface area contributed by atoms with E-state index in [2.05, 4.69) is 5.32 Å². The van der Waals surface area contributed by atoms with Crippen molar-refractivity contribution in [1.29, 1.82) is 0 Å². The number of amides is 3. The quantitative estimate of drug-likeness (QED) is 0.440. The Labute approximate surface area is 207 Å². The van der Waals surface area contributed by atoms with Gasteiger partial charge in [-0.2, -0.15) is 0 Å². The molecule has 0 unspecified atom stereocenters. The Hall–Kier alpha value is -3.94. The lowest BCUT2D eigenvalue weighted by atomic mass is 10.2. The van der Waals surface area contributed by atoms with E-state index in [4.69, 9.17) is 9.47 Å².